The van der Waals surface area contributed by atoms with Gasteiger partial charge < -0.3 is 19.3 Å². The molecule has 0 fully saturated rings. The summed E-state index contributed by atoms with van der Waals surface area (Å²) in [5.41, 5.74) is 5.80. The van der Waals surface area contributed by atoms with Crippen LogP contribution in [0, 0.1) is 0 Å². The molecule has 0 saturated heterocycles. The third-order valence-corrected chi connectivity index (χ3v) is 8.88. The highest BCUT2D eigenvalue weighted by Crippen LogP contribution is 2.51. The van der Waals surface area contributed by atoms with Gasteiger partial charge in [0.05, 0.1) is 33.5 Å². The van der Waals surface area contributed by atoms with E-state index in [2.05, 4.69) is 9.80 Å². The molecule has 6 heteroatoms. The van der Waals surface area contributed by atoms with Crippen molar-refractivity contribution in [3.8, 4) is 23.0 Å². The van der Waals surface area contributed by atoms with Crippen molar-refractivity contribution in [1.29, 1.82) is 0 Å². The molecule has 2 heterocycles. The second-order valence-electron chi connectivity index (χ2n) is 10.0. The van der Waals surface area contributed by atoms with Gasteiger partial charge in [0.15, 0.2) is 23.0 Å². The Hall–Kier alpha value is -5.33. The Morgan fingerprint density at radius 1 is 0.381 bits per heavy atom. The van der Waals surface area contributed by atoms with Crippen molar-refractivity contribution < 1.29 is 13.7 Å². The summed E-state index contributed by atoms with van der Waals surface area (Å²) in [5.74, 6) is 3.20. The van der Waals surface area contributed by atoms with E-state index in [0.29, 0.717) is 0 Å². The van der Waals surface area contributed by atoms with Crippen LogP contribution >= 0.6 is 0 Å². The van der Waals surface area contributed by atoms with Gasteiger partial charge in [0.1, 0.15) is 0 Å². The molecule has 0 radical (unpaired) electrons. The molecule has 0 amide bonds. The van der Waals surface area contributed by atoms with Gasteiger partial charge in [0.25, 0.3) is 0 Å². The third-order valence-electron chi connectivity index (χ3n) is 7.48. The molecule has 0 aromatic heterocycles. The molecule has 0 aliphatic carbocycles. The average molecular weight is 565 g/mol. The Kier molecular flexibility index (Phi) is 5.79. The summed E-state index contributed by atoms with van der Waals surface area (Å²) < 4.78 is 25.9. The molecule has 2 aliphatic heterocycles. The summed E-state index contributed by atoms with van der Waals surface area (Å²) in [6.07, 6.45) is 0. The van der Waals surface area contributed by atoms with Gasteiger partial charge in [-0.2, -0.15) is 0 Å². The predicted octanol–water partition coefficient (Wildman–Crippen LogP) is 10.0. The van der Waals surface area contributed by atoms with E-state index >= 15 is 0 Å². The summed E-state index contributed by atoms with van der Waals surface area (Å²) in [4.78, 5) is 5.83. The van der Waals surface area contributed by atoms with E-state index in [1.54, 1.807) is 0 Å². The molecule has 0 atom stereocenters. The normalized spacial score (nSPS) is 12.9. The first-order valence-corrected chi connectivity index (χ1v) is 14.8. The molecule has 6 aromatic rings. The van der Waals surface area contributed by atoms with Gasteiger partial charge in [-0.3, -0.25) is 0 Å². The number of hydrogen-bond acceptors (Lipinski definition) is 5. The predicted molar refractivity (Wildman–Crippen MR) is 167 cm³/mol. The van der Waals surface area contributed by atoms with E-state index in [1.165, 1.54) is 0 Å². The van der Waals surface area contributed by atoms with E-state index in [1.807, 2.05) is 146 Å². The lowest BCUT2D eigenvalue weighted by atomic mass is 10.1. The van der Waals surface area contributed by atoms with Crippen LogP contribution in [-0.4, -0.2) is 4.21 Å². The maximum absolute atomic E-state index is 13.7. The zero-order valence-electron chi connectivity index (χ0n) is 22.4. The first kappa shape index (κ1) is 24.5. The number of anilines is 6. The van der Waals surface area contributed by atoms with E-state index in [-0.39, 0.29) is 0 Å². The van der Waals surface area contributed by atoms with E-state index in [0.717, 1.165) is 66.9 Å². The highest BCUT2D eigenvalue weighted by Gasteiger charge is 2.27. The van der Waals surface area contributed by atoms with Gasteiger partial charge in [-0.05, 0) is 97.1 Å². The summed E-state index contributed by atoms with van der Waals surface area (Å²) in [7, 11) is -1.34. The minimum atomic E-state index is -1.34. The first-order valence-electron chi connectivity index (χ1n) is 13.7. The van der Waals surface area contributed by atoms with Gasteiger partial charge >= 0.3 is 0 Å². The second-order valence-corrected chi connectivity index (χ2v) is 11.5. The van der Waals surface area contributed by atoms with Gasteiger partial charge in [-0.25, -0.2) is 4.21 Å². The molecule has 42 heavy (non-hydrogen) atoms. The Morgan fingerprint density at radius 3 is 0.976 bits per heavy atom. The van der Waals surface area contributed by atoms with Crippen molar-refractivity contribution in [1.82, 2.24) is 0 Å². The molecule has 0 saturated carbocycles. The van der Waals surface area contributed by atoms with Crippen LogP contribution in [0.1, 0.15) is 0 Å². The molecule has 6 aromatic carbocycles. The average Bonchev–Trinajstić information content (AvgIpc) is 3.06. The molecular weight excluding hydrogens is 540 g/mol. The maximum atomic E-state index is 13.7. The van der Waals surface area contributed by atoms with Crippen molar-refractivity contribution in [2.24, 2.45) is 0 Å². The molecule has 0 unspecified atom stereocenters. The number of benzene rings is 6. The monoisotopic (exact) mass is 564 g/mol. The standard InChI is InChI=1S/C36H24N2O3S/c39-42(27-21-17-25(18-22-27)37-29-9-1-5-13-33(29)40-34-14-6-2-10-30(34)37)28-23-19-26(20-24-28)38-31-11-3-7-15-35(31)41-36-16-8-4-12-32(36)38/h1-24H. The van der Waals surface area contributed by atoms with Gasteiger partial charge in [-0.15, -0.1) is 0 Å². The summed E-state index contributed by atoms with van der Waals surface area (Å²) in [5, 5.41) is 0. The minimum Gasteiger partial charge on any atom is -0.453 e. The molecule has 0 spiro atoms. The highest BCUT2D eigenvalue weighted by atomic mass is 32.2. The van der Waals surface area contributed by atoms with Crippen LogP contribution in [0.2, 0.25) is 0 Å². The van der Waals surface area contributed by atoms with Crippen molar-refractivity contribution in [3.05, 3.63) is 146 Å². The SMILES string of the molecule is O=S(c1ccc(N2c3ccccc3Oc3ccccc32)cc1)c1ccc(N2c3ccccc3Oc3ccccc32)cc1. The molecule has 5 nitrogen and oxygen atoms in total. The molecular formula is C36H24N2O3S. The van der Waals surface area contributed by atoms with Crippen LogP contribution in [0.25, 0.3) is 0 Å². The fourth-order valence-electron chi connectivity index (χ4n) is 5.54. The zero-order valence-corrected chi connectivity index (χ0v) is 23.2. The van der Waals surface area contributed by atoms with Gasteiger partial charge in [0.2, 0.25) is 0 Å². The molecule has 0 N–H and O–H groups in total. The number of hydrogen-bond donors (Lipinski definition) is 0. The quantitative estimate of drug-likeness (QED) is 0.213. The smallest absolute Gasteiger partial charge is 0.151 e. The van der Waals surface area contributed by atoms with Crippen molar-refractivity contribution >= 4 is 44.9 Å². The lowest BCUT2D eigenvalue weighted by Gasteiger charge is -2.33. The number of nitrogens with zero attached hydrogens (tertiary/aromatic N) is 2. The van der Waals surface area contributed by atoms with E-state index in [9.17, 15) is 4.21 Å². The van der Waals surface area contributed by atoms with Crippen molar-refractivity contribution in [2.45, 2.75) is 9.79 Å². The lowest BCUT2D eigenvalue weighted by Crippen LogP contribution is -2.15. The maximum Gasteiger partial charge on any atom is 0.151 e. The number of para-hydroxylation sites is 8. The summed E-state index contributed by atoms with van der Waals surface area (Å²) in [6.45, 7) is 0. The van der Waals surface area contributed by atoms with Crippen molar-refractivity contribution in [3.63, 3.8) is 0 Å². The fourth-order valence-corrected chi connectivity index (χ4v) is 6.58. The Morgan fingerprint density at radius 2 is 0.667 bits per heavy atom. The van der Waals surface area contributed by atoms with Gasteiger partial charge in [0, 0.05) is 21.2 Å². The molecule has 0 bridgehead atoms. The number of fused-ring (bicyclic) bond motifs is 4. The molecule has 2 aliphatic rings. The zero-order chi connectivity index (χ0) is 28.0. The lowest BCUT2D eigenvalue weighted by molar-refractivity contribution is 0.477. The fraction of sp³-hybridized carbons (Fsp3) is 0. The Bertz CT molecular complexity index is 1740. The van der Waals surface area contributed by atoms with Gasteiger partial charge in [-0.1, -0.05) is 48.5 Å². The van der Waals surface area contributed by atoms with Crippen molar-refractivity contribution in [2.75, 3.05) is 9.80 Å². The Balaban J connectivity index is 1.10. The van der Waals surface area contributed by atoms with Crippen LogP contribution in [-0.2, 0) is 10.8 Å². The molecule has 8 rings (SSSR count). The molecule has 202 valence electrons. The van der Waals surface area contributed by atoms with Crippen LogP contribution in [0.3, 0.4) is 0 Å². The summed E-state index contributed by atoms with van der Waals surface area (Å²) >= 11 is 0. The summed E-state index contributed by atoms with van der Waals surface area (Å²) in [6, 6.07) is 47.8. The van der Waals surface area contributed by atoms with E-state index in [4.69, 9.17) is 9.47 Å². The third kappa shape index (κ3) is 4.04. The number of rotatable bonds is 4. The van der Waals surface area contributed by atoms with E-state index < -0.39 is 10.8 Å². The Labute approximate surface area is 246 Å². The second kappa shape index (κ2) is 9.94. The minimum absolute atomic E-state index is 0.739. The van der Waals surface area contributed by atoms with Crippen LogP contribution < -0.4 is 19.3 Å². The van der Waals surface area contributed by atoms with Crippen LogP contribution in [0.15, 0.2) is 155 Å². The topological polar surface area (TPSA) is 42.0 Å². The van der Waals surface area contributed by atoms with Crippen LogP contribution in [0.4, 0.5) is 34.1 Å². The highest BCUT2D eigenvalue weighted by molar-refractivity contribution is 7.85. The number of ether oxygens (including phenoxy) is 2. The largest absolute Gasteiger partial charge is 0.453 e. The first-order chi connectivity index (χ1) is 20.7. The van der Waals surface area contributed by atoms with Crippen LogP contribution in [0.5, 0.6) is 23.0 Å².